The van der Waals surface area contributed by atoms with E-state index in [1.54, 1.807) is 0 Å². The fraction of sp³-hybridized carbons (Fsp3) is 0.875. The average Bonchev–Trinajstić information content (AvgIpc) is 2.05. The molecule has 1 aliphatic heterocycles. The molecular weight excluding hydrogens is 144 g/mol. The van der Waals surface area contributed by atoms with Gasteiger partial charge in [0.2, 0.25) is 0 Å². The second-order valence-corrected chi connectivity index (χ2v) is 4.80. The fourth-order valence-corrected chi connectivity index (χ4v) is 2.32. The van der Waals surface area contributed by atoms with Gasteiger partial charge in [-0.3, -0.25) is 0 Å². The lowest BCUT2D eigenvalue weighted by atomic mass is 10.2. The van der Waals surface area contributed by atoms with Gasteiger partial charge in [0.25, 0.3) is 0 Å². The highest BCUT2D eigenvalue weighted by atomic mass is 32.2. The molecule has 0 radical (unpaired) electrons. The van der Waals surface area contributed by atoms with Crippen molar-refractivity contribution >= 4 is 16.4 Å². The Labute approximate surface area is 65.7 Å². The molecule has 0 saturated carbocycles. The van der Waals surface area contributed by atoms with Crippen molar-refractivity contribution in [2.45, 2.75) is 31.6 Å². The van der Waals surface area contributed by atoms with Gasteiger partial charge in [0, 0.05) is 6.61 Å². The van der Waals surface area contributed by atoms with Crippen LogP contribution in [0, 0.1) is 0 Å². The van der Waals surface area contributed by atoms with Crippen LogP contribution in [0.15, 0.2) is 0 Å². The summed E-state index contributed by atoms with van der Waals surface area (Å²) in [6.07, 6.45) is 3.82. The molecule has 0 amide bonds. The molecule has 10 heavy (non-hydrogen) atoms. The van der Waals surface area contributed by atoms with Gasteiger partial charge >= 0.3 is 0 Å². The zero-order chi connectivity index (χ0) is 7.40. The molecule has 2 heteroatoms. The molecule has 1 nitrogen and oxygen atoms in total. The molecule has 2 atom stereocenters. The molecule has 1 saturated heterocycles. The number of rotatable bonds is 2. The van der Waals surface area contributed by atoms with E-state index in [9.17, 15) is 0 Å². The lowest BCUT2D eigenvalue weighted by Crippen LogP contribution is -2.17. The summed E-state index contributed by atoms with van der Waals surface area (Å²) >= 11 is 0. The Balaban J connectivity index is 2.31. The first kappa shape index (κ1) is 8.28. The molecule has 0 aromatic rings. The molecule has 0 N–H and O–H groups in total. The maximum atomic E-state index is 5.58. The third-order valence-electron chi connectivity index (χ3n) is 1.88. The van der Waals surface area contributed by atoms with Gasteiger partial charge in [-0.25, -0.2) is 0 Å². The van der Waals surface area contributed by atoms with E-state index in [0.717, 1.165) is 6.61 Å². The predicted molar refractivity (Wildman–Crippen MR) is 48.8 cm³/mol. The Morgan fingerprint density at radius 1 is 1.60 bits per heavy atom. The first-order valence-corrected chi connectivity index (χ1v) is 5.58. The Morgan fingerprint density at radius 2 is 2.40 bits per heavy atom. The molecule has 0 aromatic heterocycles. The van der Waals surface area contributed by atoms with Crippen LogP contribution in [-0.4, -0.2) is 23.7 Å². The molecule has 0 spiro atoms. The van der Waals surface area contributed by atoms with E-state index in [-0.39, 0.29) is 10.5 Å². The van der Waals surface area contributed by atoms with Crippen LogP contribution in [0.2, 0.25) is 0 Å². The van der Waals surface area contributed by atoms with Crippen molar-refractivity contribution in [3.8, 4) is 0 Å². The van der Waals surface area contributed by atoms with Crippen LogP contribution in [0.3, 0.4) is 0 Å². The summed E-state index contributed by atoms with van der Waals surface area (Å²) in [5, 5.41) is 0. The first-order chi connectivity index (χ1) is 4.84. The van der Waals surface area contributed by atoms with E-state index < -0.39 is 0 Å². The summed E-state index contributed by atoms with van der Waals surface area (Å²) in [5.74, 6) is 5.25. The average molecular weight is 160 g/mol. The Bertz CT molecular complexity index is 116. The highest BCUT2D eigenvalue weighted by Crippen LogP contribution is 2.27. The summed E-state index contributed by atoms with van der Waals surface area (Å²) in [6, 6.07) is 0. The van der Waals surface area contributed by atoms with Crippen molar-refractivity contribution in [1.29, 1.82) is 0 Å². The van der Waals surface area contributed by atoms with Gasteiger partial charge in [0.1, 0.15) is 0 Å². The zero-order valence-electron chi connectivity index (χ0n) is 6.64. The van der Waals surface area contributed by atoms with Gasteiger partial charge in [-0.05, 0) is 25.0 Å². The molecule has 2 unspecified atom stereocenters. The van der Waals surface area contributed by atoms with Gasteiger partial charge < -0.3 is 4.74 Å². The molecule has 1 aliphatic rings. The van der Waals surface area contributed by atoms with E-state index in [0.29, 0.717) is 5.44 Å². The van der Waals surface area contributed by atoms with Gasteiger partial charge in [0.15, 0.2) is 0 Å². The standard InChI is InChI=1S/C8H16OS/c1-3-10(2)8-6-4-5-7-9-8/h8H,2-7H2,1H3. The van der Waals surface area contributed by atoms with Crippen molar-refractivity contribution in [3.63, 3.8) is 0 Å². The van der Waals surface area contributed by atoms with Crippen LogP contribution in [0.5, 0.6) is 0 Å². The van der Waals surface area contributed by atoms with Crippen LogP contribution in [0.25, 0.3) is 0 Å². The lowest BCUT2D eigenvalue weighted by molar-refractivity contribution is 0.0726. The largest absolute Gasteiger partial charge is 0.368 e. The van der Waals surface area contributed by atoms with Crippen LogP contribution in [0.4, 0.5) is 0 Å². The third-order valence-corrected chi connectivity index (χ3v) is 3.74. The van der Waals surface area contributed by atoms with Crippen molar-refractivity contribution < 1.29 is 4.74 Å². The fourth-order valence-electron chi connectivity index (χ4n) is 1.16. The molecule has 0 aromatic carbocycles. The van der Waals surface area contributed by atoms with Gasteiger partial charge in [-0.2, -0.15) is 10.5 Å². The number of ether oxygens (including phenoxy) is 1. The second kappa shape index (κ2) is 4.14. The Morgan fingerprint density at radius 3 is 2.90 bits per heavy atom. The van der Waals surface area contributed by atoms with E-state index in [2.05, 4.69) is 12.8 Å². The van der Waals surface area contributed by atoms with Crippen LogP contribution in [0.1, 0.15) is 26.2 Å². The van der Waals surface area contributed by atoms with Crippen LogP contribution in [-0.2, 0) is 4.74 Å². The molecule has 1 fully saturated rings. The van der Waals surface area contributed by atoms with Crippen molar-refractivity contribution in [2.75, 3.05) is 12.4 Å². The predicted octanol–water partition coefficient (Wildman–Crippen LogP) is 2.23. The Kier molecular flexibility index (Phi) is 3.43. The maximum absolute atomic E-state index is 5.58. The minimum Gasteiger partial charge on any atom is -0.368 e. The molecule has 1 heterocycles. The summed E-state index contributed by atoms with van der Waals surface area (Å²) in [4.78, 5) is 0. The number of hydrogen-bond donors (Lipinski definition) is 0. The highest BCUT2D eigenvalue weighted by Gasteiger charge is 2.14. The minimum absolute atomic E-state index is 0.264. The maximum Gasteiger partial charge on any atom is 0.0975 e. The van der Waals surface area contributed by atoms with Crippen LogP contribution < -0.4 is 0 Å². The topological polar surface area (TPSA) is 9.23 Å². The normalized spacial score (nSPS) is 29.9. The summed E-state index contributed by atoms with van der Waals surface area (Å²) in [5.41, 5.74) is 0.485. The first-order valence-electron chi connectivity index (χ1n) is 3.95. The Hall–Kier alpha value is 0.180. The minimum atomic E-state index is 0.264. The van der Waals surface area contributed by atoms with Crippen molar-refractivity contribution in [3.05, 3.63) is 0 Å². The quantitative estimate of drug-likeness (QED) is 0.563. The van der Waals surface area contributed by atoms with Crippen molar-refractivity contribution in [2.24, 2.45) is 0 Å². The summed E-state index contributed by atoms with van der Waals surface area (Å²) < 4.78 is 5.58. The molecule has 1 rings (SSSR count). The second-order valence-electron chi connectivity index (χ2n) is 2.62. The molecular formula is C8H16OS. The lowest BCUT2D eigenvalue weighted by Gasteiger charge is -2.24. The molecule has 60 valence electrons. The van der Waals surface area contributed by atoms with E-state index in [1.807, 2.05) is 0 Å². The zero-order valence-corrected chi connectivity index (χ0v) is 7.45. The van der Waals surface area contributed by atoms with Gasteiger partial charge in [0.05, 0.1) is 5.44 Å². The van der Waals surface area contributed by atoms with Gasteiger partial charge in [-0.1, -0.05) is 12.8 Å². The summed E-state index contributed by atoms with van der Waals surface area (Å²) in [6.45, 7) is 3.15. The van der Waals surface area contributed by atoms with Crippen molar-refractivity contribution in [1.82, 2.24) is 0 Å². The molecule has 0 aliphatic carbocycles. The highest BCUT2D eigenvalue weighted by molar-refractivity contribution is 8.14. The molecule has 0 bridgehead atoms. The smallest absolute Gasteiger partial charge is 0.0975 e. The monoisotopic (exact) mass is 160 g/mol. The van der Waals surface area contributed by atoms with Gasteiger partial charge in [-0.15, -0.1) is 0 Å². The van der Waals surface area contributed by atoms with E-state index >= 15 is 0 Å². The SMILES string of the molecule is C=S(CC)C1CCCCO1. The summed E-state index contributed by atoms with van der Waals surface area (Å²) in [7, 11) is 0.264. The third kappa shape index (κ3) is 2.10. The number of hydrogen-bond acceptors (Lipinski definition) is 1. The van der Waals surface area contributed by atoms with E-state index in [4.69, 9.17) is 4.74 Å². The van der Waals surface area contributed by atoms with Crippen LogP contribution >= 0.6 is 10.5 Å². The van der Waals surface area contributed by atoms with E-state index in [1.165, 1.54) is 25.0 Å².